The summed E-state index contributed by atoms with van der Waals surface area (Å²) in [6, 6.07) is 7.29. The zero-order chi connectivity index (χ0) is 11.7. The topological polar surface area (TPSA) is 12.0 Å². The minimum atomic E-state index is -0.151. The SMILES string of the molecule is Fc1ccc(C2NCCC3=C2CCCC3)cc1. The van der Waals surface area contributed by atoms with Gasteiger partial charge < -0.3 is 5.32 Å². The van der Waals surface area contributed by atoms with Gasteiger partial charge in [0.25, 0.3) is 0 Å². The van der Waals surface area contributed by atoms with Gasteiger partial charge in [-0.25, -0.2) is 4.39 Å². The molecule has 1 heterocycles. The van der Waals surface area contributed by atoms with E-state index < -0.39 is 0 Å². The molecule has 1 aromatic carbocycles. The van der Waals surface area contributed by atoms with Gasteiger partial charge in [-0.05, 0) is 61.9 Å². The first-order chi connectivity index (χ1) is 8.34. The number of nitrogens with one attached hydrogen (secondary N) is 1. The molecule has 17 heavy (non-hydrogen) atoms. The molecule has 1 N–H and O–H groups in total. The Kier molecular flexibility index (Phi) is 2.98. The van der Waals surface area contributed by atoms with Gasteiger partial charge in [-0.15, -0.1) is 0 Å². The summed E-state index contributed by atoms with van der Waals surface area (Å²) < 4.78 is 13.0. The summed E-state index contributed by atoms with van der Waals surface area (Å²) in [4.78, 5) is 0. The summed E-state index contributed by atoms with van der Waals surface area (Å²) in [6.45, 7) is 1.06. The smallest absolute Gasteiger partial charge is 0.123 e. The first kappa shape index (κ1) is 11.0. The van der Waals surface area contributed by atoms with E-state index in [2.05, 4.69) is 5.32 Å². The van der Waals surface area contributed by atoms with Gasteiger partial charge in [0.05, 0.1) is 6.04 Å². The number of rotatable bonds is 1. The largest absolute Gasteiger partial charge is 0.306 e. The fourth-order valence-electron chi connectivity index (χ4n) is 3.09. The number of benzene rings is 1. The predicted octanol–water partition coefficient (Wildman–Crippen LogP) is 3.73. The summed E-state index contributed by atoms with van der Waals surface area (Å²) in [5.41, 5.74) is 4.44. The number of hydrogen-bond acceptors (Lipinski definition) is 1. The maximum absolute atomic E-state index is 13.0. The van der Waals surface area contributed by atoms with Crippen molar-refractivity contribution in [3.8, 4) is 0 Å². The van der Waals surface area contributed by atoms with Crippen molar-refractivity contribution in [2.75, 3.05) is 6.54 Å². The molecule has 0 saturated carbocycles. The van der Waals surface area contributed by atoms with E-state index in [1.165, 1.54) is 37.7 Å². The highest BCUT2D eigenvalue weighted by molar-refractivity contribution is 5.34. The van der Waals surface area contributed by atoms with Crippen molar-refractivity contribution in [1.29, 1.82) is 0 Å². The van der Waals surface area contributed by atoms with Crippen LogP contribution >= 0.6 is 0 Å². The summed E-state index contributed by atoms with van der Waals surface area (Å²) >= 11 is 0. The highest BCUT2D eigenvalue weighted by atomic mass is 19.1. The lowest BCUT2D eigenvalue weighted by atomic mass is 9.81. The van der Waals surface area contributed by atoms with Crippen LogP contribution in [0.2, 0.25) is 0 Å². The molecule has 0 radical (unpaired) electrons. The van der Waals surface area contributed by atoms with Crippen molar-refractivity contribution in [2.45, 2.75) is 38.1 Å². The molecule has 1 unspecified atom stereocenters. The Morgan fingerprint density at radius 3 is 2.59 bits per heavy atom. The first-order valence-electron chi connectivity index (χ1n) is 6.54. The minimum absolute atomic E-state index is 0.151. The van der Waals surface area contributed by atoms with Crippen molar-refractivity contribution in [3.05, 3.63) is 46.8 Å². The highest BCUT2D eigenvalue weighted by Crippen LogP contribution is 2.37. The average Bonchev–Trinajstić information content (AvgIpc) is 2.39. The predicted molar refractivity (Wildman–Crippen MR) is 67.3 cm³/mol. The van der Waals surface area contributed by atoms with E-state index in [-0.39, 0.29) is 5.82 Å². The van der Waals surface area contributed by atoms with Crippen molar-refractivity contribution >= 4 is 0 Å². The van der Waals surface area contributed by atoms with Gasteiger partial charge in [0.1, 0.15) is 5.82 Å². The fourth-order valence-corrected chi connectivity index (χ4v) is 3.09. The van der Waals surface area contributed by atoms with Gasteiger partial charge in [0, 0.05) is 0 Å². The third-order valence-corrected chi connectivity index (χ3v) is 3.96. The van der Waals surface area contributed by atoms with E-state index in [1.807, 2.05) is 12.1 Å². The van der Waals surface area contributed by atoms with Crippen LogP contribution in [0.3, 0.4) is 0 Å². The third kappa shape index (κ3) is 2.14. The van der Waals surface area contributed by atoms with E-state index >= 15 is 0 Å². The maximum atomic E-state index is 13.0. The molecule has 3 rings (SSSR count). The molecule has 1 aromatic rings. The van der Waals surface area contributed by atoms with Crippen LogP contribution in [0.5, 0.6) is 0 Å². The summed E-state index contributed by atoms with van der Waals surface area (Å²) in [6.07, 6.45) is 6.33. The lowest BCUT2D eigenvalue weighted by Crippen LogP contribution is -2.31. The Bertz CT molecular complexity index is 429. The second-order valence-corrected chi connectivity index (χ2v) is 5.02. The lowest BCUT2D eigenvalue weighted by molar-refractivity contribution is 0.488. The fraction of sp³-hybridized carbons (Fsp3) is 0.467. The molecule has 2 heteroatoms. The Hall–Kier alpha value is -1.15. The zero-order valence-electron chi connectivity index (χ0n) is 10.0. The quantitative estimate of drug-likeness (QED) is 0.726. The van der Waals surface area contributed by atoms with E-state index in [0.717, 1.165) is 6.54 Å². The standard InChI is InChI=1S/C15H18FN/c16-13-7-5-12(6-8-13)15-14-4-2-1-3-11(14)9-10-17-15/h5-8,15,17H,1-4,9-10H2. The summed E-state index contributed by atoms with van der Waals surface area (Å²) in [7, 11) is 0. The Labute approximate surface area is 102 Å². The van der Waals surface area contributed by atoms with Gasteiger partial charge in [0.15, 0.2) is 0 Å². The van der Waals surface area contributed by atoms with Crippen molar-refractivity contribution < 1.29 is 4.39 Å². The second-order valence-electron chi connectivity index (χ2n) is 5.02. The molecule has 1 nitrogen and oxygen atoms in total. The monoisotopic (exact) mass is 231 g/mol. The number of halogens is 1. The van der Waals surface area contributed by atoms with Crippen LogP contribution in [0.25, 0.3) is 0 Å². The molecule has 90 valence electrons. The van der Waals surface area contributed by atoms with Crippen LogP contribution in [-0.2, 0) is 0 Å². The maximum Gasteiger partial charge on any atom is 0.123 e. The molecule has 0 saturated heterocycles. The molecule has 0 aromatic heterocycles. The van der Waals surface area contributed by atoms with Crippen molar-refractivity contribution in [3.63, 3.8) is 0 Å². The van der Waals surface area contributed by atoms with Gasteiger partial charge in [-0.2, -0.15) is 0 Å². The van der Waals surface area contributed by atoms with Crippen LogP contribution in [-0.4, -0.2) is 6.54 Å². The molecule has 1 atom stereocenters. The van der Waals surface area contributed by atoms with Crippen LogP contribution in [0.15, 0.2) is 35.4 Å². The van der Waals surface area contributed by atoms with E-state index in [4.69, 9.17) is 0 Å². The first-order valence-corrected chi connectivity index (χ1v) is 6.54. The minimum Gasteiger partial charge on any atom is -0.306 e. The Morgan fingerprint density at radius 1 is 1.00 bits per heavy atom. The number of hydrogen-bond donors (Lipinski definition) is 1. The van der Waals surface area contributed by atoms with Crippen LogP contribution < -0.4 is 5.32 Å². The Morgan fingerprint density at radius 2 is 1.76 bits per heavy atom. The van der Waals surface area contributed by atoms with Gasteiger partial charge in [-0.1, -0.05) is 17.7 Å². The van der Waals surface area contributed by atoms with Crippen molar-refractivity contribution in [1.82, 2.24) is 5.32 Å². The molecule has 0 spiro atoms. The summed E-state index contributed by atoms with van der Waals surface area (Å²) in [5.74, 6) is -0.151. The molecule has 1 aliphatic heterocycles. The third-order valence-electron chi connectivity index (χ3n) is 3.96. The summed E-state index contributed by atoms with van der Waals surface area (Å²) in [5, 5.41) is 3.57. The Balaban J connectivity index is 1.94. The lowest BCUT2D eigenvalue weighted by Gasteiger charge is -2.33. The molecule has 0 amide bonds. The van der Waals surface area contributed by atoms with Gasteiger partial charge >= 0.3 is 0 Å². The van der Waals surface area contributed by atoms with E-state index in [1.54, 1.807) is 23.3 Å². The second kappa shape index (κ2) is 4.61. The molecule has 2 aliphatic rings. The normalized spacial score (nSPS) is 24.6. The van der Waals surface area contributed by atoms with E-state index in [0.29, 0.717) is 6.04 Å². The average molecular weight is 231 g/mol. The van der Waals surface area contributed by atoms with Crippen LogP contribution in [0.4, 0.5) is 4.39 Å². The van der Waals surface area contributed by atoms with E-state index in [9.17, 15) is 4.39 Å². The van der Waals surface area contributed by atoms with Crippen LogP contribution in [0.1, 0.15) is 43.7 Å². The van der Waals surface area contributed by atoms with Gasteiger partial charge in [0.2, 0.25) is 0 Å². The van der Waals surface area contributed by atoms with Crippen molar-refractivity contribution in [2.24, 2.45) is 0 Å². The zero-order valence-corrected chi connectivity index (χ0v) is 10.0. The molecule has 0 bridgehead atoms. The van der Waals surface area contributed by atoms with Crippen LogP contribution in [0, 0.1) is 5.82 Å². The molecular weight excluding hydrogens is 213 g/mol. The molecule has 0 fully saturated rings. The molecular formula is C15H18FN. The highest BCUT2D eigenvalue weighted by Gasteiger charge is 2.25. The molecule has 1 aliphatic carbocycles. The van der Waals surface area contributed by atoms with Gasteiger partial charge in [-0.3, -0.25) is 0 Å².